The van der Waals surface area contributed by atoms with Gasteiger partial charge in [0.25, 0.3) is 0 Å². The molecule has 0 bridgehead atoms. The molecule has 4 heteroatoms. The van der Waals surface area contributed by atoms with Gasteiger partial charge < -0.3 is 5.32 Å². The summed E-state index contributed by atoms with van der Waals surface area (Å²) in [4.78, 5) is 9.26. The molecule has 0 saturated carbocycles. The molecule has 0 aliphatic heterocycles. The molecule has 0 atom stereocenters. The van der Waals surface area contributed by atoms with E-state index in [9.17, 15) is 0 Å². The van der Waals surface area contributed by atoms with Crippen LogP contribution in [0.4, 0.5) is 5.82 Å². The van der Waals surface area contributed by atoms with Crippen molar-refractivity contribution >= 4 is 17.4 Å². The third-order valence-corrected chi connectivity index (χ3v) is 3.48. The first-order valence-corrected chi connectivity index (χ1v) is 6.76. The molecule has 0 saturated heterocycles. The van der Waals surface area contributed by atoms with Gasteiger partial charge in [-0.2, -0.15) is 0 Å². The lowest BCUT2D eigenvalue weighted by atomic mass is 10.1. The maximum atomic E-state index is 5.99. The van der Waals surface area contributed by atoms with Crippen molar-refractivity contribution in [3.05, 3.63) is 40.0 Å². The summed E-state index contributed by atoms with van der Waals surface area (Å²) in [6.45, 7) is 6.17. The minimum absolute atomic E-state index is 0.734. The maximum absolute atomic E-state index is 5.99. The second-order valence-corrected chi connectivity index (χ2v) is 4.97. The number of hydrogen-bond donors (Lipinski definition) is 1. The van der Waals surface area contributed by atoms with Crippen LogP contribution in [0.5, 0.6) is 0 Å². The second kappa shape index (κ2) is 5.57. The Morgan fingerprint density at radius 3 is 2.53 bits per heavy atom. The molecule has 3 nitrogen and oxygen atoms in total. The smallest absolute Gasteiger partial charge is 0.162 e. The quantitative estimate of drug-likeness (QED) is 0.919. The van der Waals surface area contributed by atoms with Crippen LogP contribution in [0.15, 0.2) is 18.2 Å². The monoisotopic (exact) mass is 275 g/mol. The number of nitrogens with zero attached hydrogens (tertiary/aromatic N) is 2. The zero-order valence-electron chi connectivity index (χ0n) is 11.7. The first kappa shape index (κ1) is 13.8. The molecule has 1 N–H and O–H groups in total. The highest BCUT2D eigenvalue weighted by Crippen LogP contribution is 2.26. The molecule has 0 aliphatic rings. The van der Waals surface area contributed by atoms with Crippen LogP contribution in [0.3, 0.4) is 0 Å². The van der Waals surface area contributed by atoms with Crippen LogP contribution in [0, 0.1) is 13.8 Å². The van der Waals surface area contributed by atoms with Crippen molar-refractivity contribution in [1.29, 1.82) is 0 Å². The van der Waals surface area contributed by atoms with Gasteiger partial charge in [0, 0.05) is 28.9 Å². The Bertz CT molecular complexity index is 583. The third-order valence-electron chi connectivity index (χ3n) is 3.25. The molecular weight excluding hydrogens is 258 g/mol. The van der Waals surface area contributed by atoms with Crippen molar-refractivity contribution in [2.75, 3.05) is 12.4 Å². The van der Waals surface area contributed by atoms with E-state index in [0.29, 0.717) is 0 Å². The molecule has 0 spiro atoms. The predicted octanol–water partition coefficient (Wildman–Crippen LogP) is 4.02. The van der Waals surface area contributed by atoms with Crippen LogP contribution in [0.1, 0.15) is 23.7 Å². The number of halogens is 1. The van der Waals surface area contributed by atoms with E-state index in [1.807, 2.05) is 39.1 Å². The predicted molar refractivity (Wildman–Crippen MR) is 80.9 cm³/mol. The maximum Gasteiger partial charge on any atom is 0.162 e. The van der Waals surface area contributed by atoms with E-state index in [4.69, 9.17) is 11.6 Å². The van der Waals surface area contributed by atoms with Crippen LogP contribution < -0.4 is 5.32 Å². The van der Waals surface area contributed by atoms with Gasteiger partial charge in [-0.05, 0) is 44.0 Å². The number of hydrogen-bond acceptors (Lipinski definition) is 3. The van der Waals surface area contributed by atoms with Gasteiger partial charge >= 0.3 is 0 Å². The van der Waals surface area contributed by atoms with Crippen molar-refractivity contribution in [2.45, 2.75) is 27.2 Å². The Balaban J connectivity index is 2.62. The summed E-state index contributed by atoms with van der Waals surface area (Å²) in [7, 11) is 1.88. The van der Waals surface area contributed by atoms with Crippen LogP contribution >= 0.6 is 11.6 Å². The largest absolute Gasteiger partial charge is 0.373 e. The van der Waals surface area contributed by atoms with E-state index in [2.05, 4.69) is 22.2 Å². The van der Waals surface area contributed by atoms with Gasteiger partial charge in [0.2, 0.25) is 0 Å². The Hall–Kier alpha value is -1.61. The molecular formula is C15H18ClN3. The van der Waals surface area contributed by atoms with Gasteiger partial charge in [-0.3, -0.25) is 0 Å². The Morgan fingerprint density at radius 1 is 1.21 bits per heavy atom. The summed E-state index contributed by atoms with van der Waals surface area (Å²) >= 11 is 5.99. The standard InChI is InChI=1S/C15H18ClN3/c1-5-13-10(3)14(17-4)19-15(18-13)12-7-6-11(16)8-9(12)2/h6-8H,5H2,1-4H3,(H,17,18,19). The van der Waals surface area contributed by atoms with E-state index in [0.717, 1.165) is 45.5 Å². The zero-order valence-corrected chi connectivity index (χ0v) is 12.5. The Kier molecular flexibility index (Phi) is 4.05. The first-order chi connectivity index (χ1) is 9.06. The molecule has 1 aromatic heterocycles. The number of anilines is 1. The lowest BCUT2D eigenvalue weighted by molar-refractivity contribution is 0.976. The highest BCUT2D eigenvalue weighted by atomic mass is 35.5. The van der Waals surface area contributed by atoms with Crippen LogP contribution in [0.25, 0.3) is 11.4 Å². The van der Waals surface area contributed by atoms with Crippen LogP contribution in [-0.2, 0) is 6.42 Å². The lowest BCUT2D eigenvalue weighted by Crippen LogP contribution is -2.05. The van der Waals surface area contributed by atoms with Gasteiger partial charge in [-0.1, -0.05) is 18.5 Å². The van der Waals surface area contributed by atoms with Gasteiger partial charge in [-0.15, -0.1) is 0 Å². The second-order valence-electron chi connectivity index (χ2n) is 4.53. The fourth-order valence-electron chi connectivity index (χ4n) is 2.15. The van der Waals surface area contributed by atoms with Gasteiger partial charge in [-0.25, -0.2) is 9.97 Å². The number of aromatic nitrogens is 2. The van der Waals surface area contributed by atoms with E-state index < -0.39 is 0 Å². The van der Waals surface area contributed by atoms with E-state index >= 15 is 0 Å². The summed E-state index contributed by atoms with van der Waals surface area (Å²) in [5.41, 5.74) is 4.29. The van der Waals surface area contributed by atoms with Crippen molar-refractivity contribution in [3.63, 3.8) is 0 Å². The highest BCUT2D eigenvalue weighted by molar-refractivity contribution is 6.30. The number of rotatable bonds is 3. The van der Waals surface area contributed by atoms with Crippen molar-refractivity contribution in [2.24, 2.45) is 0 Å². The van der Waals surface area contributed by atoms with Gasteiger partial charge in [0.05, 0.1) is 0 Å². The summed E-state index contributed by atoms with van der Waals surface area (Å²) in [6, 6.07) is 5.78. The van der Waals surface area contributed by atoms with E-state index in [1.165, 1.54) is 0 Å². The first-order valence-electron chi connectivity index (χ1n) is 6.38. The lowest BCUT2D eigenvalue weighted by Gasteiger charge is -2.12. The zero-order chi connectivity index (χ0) is 14.0. The molecule has 0 unspecified atom stereocenters. The Labute approximate surface area is 119 Å². The SMILES string of the molecule is CCc1nc(-c2ccc(Cl)cc2C)nc(NC)c1C. The third kappa shape index (κ3) is 2.71. The van der Waals surface area contributed by atoms with Crippen molar-refractivity contribution < 1.29 is 0 Å². The van der Waals surface area contributed by atoms with E-state index in [1.54, 1.807) is 0 Å². The fraction of sp³-hybridized carbons (Fsp3) is 0.333. The summed E-state index contributed by atoms with van der Waals surface area (Å²) < 4.78 is 0. The van der Waals surface area contributed by atoms with Crippen molar-refractivity contribution in [1.82, 2.24) is 9.97 Å². The van der Waals surface area contributed by atoms with Gasteiger partial charge in [0.15, 0.2) is 5.82 Å². The molecule has 100 valence electrons. The van der Waals surface area contributed by atoms with Gasteiger partial charge in [0.1, 0.15) is 5.82 Å². The molecule has 2 aromatic rings. The molecule has 1 heterocycles. The van der Waals surface area contributed by atoms with Crippen LogP contribution in [0.2, 0.25) is 5.02 Å². The average molecular weight is 276 g/mol. The fourth-order valence-corrected chi connectivity index (χ4v) is 2.38. The molecule has 1 aromatic carbocycles. The molecule has 0 amide bonds. The Morgan fingerprint density at radius 2 is 1.95 bits per heavy atom. The topological polar surface area (TPSA) is 37.8 Å². The normalized spacial score (nSPS) is 10.6. The minimum Gasteiger partial charge on any atom is -0.373 e. The highest BCUT2D eigenvalue weighted by Gasteiger charge is 2.12. The summed E-state index contributed by atoms with van der Waals surface area (Å²) in [6.07, 6.45) is 0.892. The molecule has 0 aliphatic carbocycles. The molecule has 0 fully saturated rings. The molecule has 19 heavy (non-hydrogen) atoms. The average Bonchev–Trinajstić information content (AvgIpc) is 2.39. The minimum atomic E-state index is 0.734. The van der Waals surface area contributed by atoms with E-state index in [-0.39, 0.29) is 0 Å². The molecule has 2 rings (SSSR count). The van der Waals surface area contributed by atoms with Crippen LogP contribution in [-0.4, -0.2) is 17.0 Å². The van der Waals surface area contributed by atoms with Crippen molar-refractivity contribution in [3.8, 4) is 11.4 Å². The summed E-state index contributed by atoms with van der Waals surface area (Å²) in [5.74, 6) is 1.64. The number of aryl methyl sites for hydroxylation is 2. The molecule has 0 radical (unpaired) electrons. The summed E-state index contributed by atoms with van der Waals surface area (Å²) in [5, 5.41) is 3.87. The number of benzene rings is 1. The number of nitrogens with one attached hydrogen (secondary N) is 1.